The lowest BCUT2D eigenvalue weighted by molar-refractivity contribution is -0.128. The van der Waals surface area contributed by atoms with Crippen molar-refractivity contribution >= 4 is 39.9 Å². The van der Waals surface area contributed by atoms with Crippen LogP contribution in [0.5, 0.6) is 0 Å². The van der Waals surface area contributed by atoms with E-state index in [1.807, 2.05) is 20.8 Å². The van der Waals surface area contributed by atoms with Gasteiger partial charge in [0, 0.05) is 24.3 Å². The van der Waals surface area contributed by atoms with E-state index < -0.39 is 11.6 Å². The Labute approximate surface area is 161 Å². The highest BCUT2D eigenvalue weighted by molar-refractivity contribution is 7.15. The van der Waals surface area contributed by atoms with E-state index in [0.717, 1.165) is 10.6 Å². The first-order valence-electron chi connectivity index (χ1n) is 8.89. The molecule has 0 unspecified atom stereocenters. The summed E-state index contributed by atoms with van der Waals surface area (Å²) in [6.07, 6.45) is 0.469. The SMILES string of the molecule is CCN1C(=O)c2ccccc2N2C(=O)CC[C@]12C(=O)Nc1nc(C)c(C)s1. The number of para-hydroxylation sites is 1. The van der Waals surface area contributed by atoms with E-state index in [2.05, 4.69) is 10.3 Å². The number of nitrogens with zero attached hydrogens (tertiary/aromatic N) is 3. The van der Waals surface area contributed by atoms with E-state index in [1.165, 1.54) is 21.1 Å². The fourth-order valence-electron chi connectivity index (χ4n) is 3.93. The van der Waals surface area contributed by atoms with Gasteiger partial charge in [-0.15, -0.1) is 11.3 Å². The molecule has 1 aromatic heterocycles. The number of hydrogen-bond donors (Lipinski definition) is 1. The van der Waals surface area contributed by atoms with Gasteiger partial charge in [0.05, 0.1) is 16.9 Å². The molecule has 0 bridgehead atoms. The standard InChI is InChI=1S/C19H20N4O3S/c1-4-22-16(25)13-7-5-6-8-14(13)23-15(24)9-10-19(22,23)17(26)21-18-20-11(2)12(3)27-18/h5-8H,4,9-10H2,1-3H3,(H,20,21,26)/t19-/m0/s1. The summed E-state index contributed by atoms with van der Waals surface area (Å²) in [5.41, 5.74) is 0.435. The first kappa shape index (κ1) is 17.7. The first-order chi connectivity index (χ1) is 12.9. The average Bonchev–Trinajstić information content (AvgIpc) is 3.16. The Hall–Kier alpha value is -2.74. The topological polar surface area (TPSA) is 82.6 Å². The van der Waals surface area contributed by atoms with Crippen LogP contribution < -0.4 is 10.2 Å². The molecule has 1 aromatic carbocycles. The van der Waals surface area contributed by atoms with E-state index >= 15 is 0 Å². The molecule has 1 saturated heterocycles. The molecule has 2 aliphatic rings. The quantitative estimate of drug-likeness (QED) is 0.882. The Bertz CT molecular complexity index is 950. The number of likely N-dealkylation sites (N-methyl/N-ethyl adjacent to an activating group) is 1. The minimum absolute atomic E-state index is 0.157. The number of nitrogens with one attached hydrogen (secondary N) is 1. The fourth-order valence-corrected chi connectivity index (χ4v) is 4.74. The third-order valence-electron chi connectivity index (χ3n) is 5.30. The smallest absolute Gasteiger partial charge is 0.273 e. The Morgan fingerprint density at radius 2 is 2.04 bits per heavy atom. The predicted molar refractivity (Wildman–Crippen MR) is 103 cm³/mol. The van der Waals surface area contributed by atoms with Gasteiger partial charge in [0.2, 0.25) is 11.6 Å². The number of thiazole rings is 1. The summed E-state index contributed by atoms with van der Waals surface area (Å²) < 4.78 is 0. The van der Waals surface area contributed by atoms with Crippen molar-refractivity contribution in [3.63, 3.8) is 0 Å². The molecular weight excluding hydrogens is 364 g/mol. The van der Waals surface area contributed by atoms with Gasteiger partial charge in [-0.25, -0.2) is 4.98 Å². The molecule has 0 spiro atoms. The number of aromatic nitrogens is 1. The number of hydrogen-bond acceptors (Lipinski definition) is 5. The zero-order valence-electron chi connectivity index (χ0n) is 15.4. The molecule has 140 valence electrons. The molecular formula is C19H20N4O3S. The Morgan fingerprint density at radius 1 is 1.30 bits per heavy atom. The maximum Gasteiger partial charge on any atom is 0.273 e. The molecule has 0 aliphatic carbocycles. The summed E-state index contributed by atoms with van der Waals surface area (Å²) in [6.45, 7) is 5.95. The minimum Gasteiger partial charge on any atom is -0.307 e. The number of carbonyl (C=O) groups excluding carboxylic acids is 3. The van der Waals surface area contributed by atoms with Crippen LogP contribution in [-0.2, 0) is 9.59 Å². The number of aryl methyl sites for hydroxylation is 2. The van der Waals surface area contributed by atoms with Crippen LogP contribution in [0.4, 0.5) is 10.8 Å². The van der Waals surface area contributed by atoms with Gasteiger partial charge in [-0.1, -0.05) is 12.1 Å². The summed E-state index contributed by atoms with van der Waals surface area (Å²) in [7, 11) is 0. The molecule has 0 saturated carbocycles. The molecule has 1 atom stereocenters. The van der Waals surface area contributed by atoms with E-state index in [0.29, 0.717) is 22.9 Å². The summed E-state index contributed by atoms with van der Waals surface area (Å²) in [5.74, 6) is -0.789. The van der Waals surface area contributed by atoms with Gasteiger partial charge < -0.3 is 4.90 Å². The normalized spacial score (nSPS) is 21.3. The summed E-state index contributed by atoms with van der Waals surface area (Å²) in [6, 6.07) is 6.96. The summed E-state index contributed by atoms with van der Waals surface area (Å²) in [5, 5.41) is 3.33. The summed E-state index contributed by atoms with van der Waals surface area (Å²) >= 11 is 1.38. The van der Waals surface area contributed by atoms with Gasteiger partial charge >= 0.3 is 0 Å². The second-order valence-electron chi connectivity index (χ2n) is 6.73. The van der Waals surface area contributed by atoms with Gasteiger partial charge in [-0.2, -0.15) is 0 Å². The highest BCUT2D eigenvalue weighted by Crippen LogP contribution is 2.45. The number of benzene rings is 1. The van der Waals surface area contributed by atoms with Gasteiger partial charge in [0.25, 0.3) is 11.8 Å². The Balaban J connectivity index is 1.83. The molecule has 0 radical (unpaired) electrons. The van der Waals surface area contributed by atoms with Crippen molar-refractivity contribution < 1.29 is 14.4 Å². The molecule has 8 heteroatoms. The van der Waals surface area contributed by atoms with Crippen molar-refractivity contribution in [3.05, 3.63) is 40.4 Å². The molecule has 3 heterocycles. The van der Waals surface area contributed by atoms with E-state index in [1.54, 1.807) is 24.3 Å². The van der Waals surface area contributed by atoms with E-state index in [4.69, 9.17) is 0 Å². The maximum atomic E-state index is 13.4. The highest BCUT2D eigenvalue weighted by Gasteiger charge is 2.60. The highest BCUT2D eigenvalue weighted by atomic mass is 32.1. The van der Waals surface area contributed by atoms with Crippen molar-refractivity contribution in [1.82, 2.24) is 9.88 Å². The van der Waals surface area contributed by atoms with Crippen LogP contribution in [0, 0.1) is 13.8 Å². The molecule has 1 N–H and O–H groups in total. The lowest BCUT2D eigenvalue weighted by Gasteiger charge is -2.48. The van der Waals surface area contributed by atoms with E-state index in [9.17, 15) is 14.4 Å². The van der Waals surface area contributed by atoms with Crippen molar-refractivity contribution in [3.8, 4) is 0 Å². The first-order valence-corrected chi connectivity index (χ1v) is 9.71. The van der Waals surface area contributed by atoms with Crippen LogP contribution in [0.3, 0.4) is 0 Å². The van der Waals surface area contributed by atoms with Gasteiger partial charge in [0.15, 0.2) is 5.13 Å². The predicted octanol–water partition coefficient (Wildman–Crippen LogP) is 2.70. The van der Waals surface area contributed by atoms with Crippen LogP contribution in [-0.4, -0.2) is 39.8 Å². The van der Waals surface area contributed by atoms with Crippen LogP contribution in [0.25, 0.3) is 0 Å². The van der Waals surface area contributed by atoms with Crippen molar-refractivity contribution in [2.45, 2.75) is 39.3 Å². The second kappa shape index (κ2) is 6.16. The molecule has 3 amide bonds. The molecule has 2 aromatic rings. The van der Waals surface area contributed by atoms with Crippen molar-refractivity contribution in [1.29, 1.82) is 0 Å². The maximum absolute atomic E-state index is 13.4. The number of rotatable bonds is 3. The average molecular weight is 384 g/mol. The fraction of sp³-hybridized carbons (Fsp3) is 0.368. The lowest BCUT2D eigenvalue weighted by atomic mass is 9.95. The van der Waals surface area contributed by atoms with Crippen LogP contribution in [0.15, 0.2) is 24.3 Å². The van der Waals surface area contributed by atoms with Crippen molar-refractivity contribution in [2.24, 2.45) is 0 Å². The number of carbonyl (C=O) groups is 3. The number of amides is 3. The largest absolute Gasteiger partial charge is 0.307 e. The number of anilines is 2. The lowest BCUT2D eigenvalue weighted by Crippen LogP contribution is -2.69. The minimum atomic E-state index is -1.36. The zero-order valence-corrected chi connectivity index (χ0v) is 16.2. The summed E-state index contributed by atoms with van der Waals surface area (Å²) in [4.78, 5) is 47.7. The van der Waals surface area contributed by atoms with Gasteiger partial charge in [-0.05, 0) is 32.9 Å². The van der Waals surface area contributed by atoms with Crippen LogP contribution in [0.1, 0.15) is 40.7 Å². The Morgan fingerprint density at radius 3 is 2.70 bits per heavy atom. The van der Waals surface area contributed by atoms with Crippen molar-refractivity contribution in [2.75, 3.05) is 16.8 Å². The monoisotopic (exact) mass is 384 g/mol. The third-order valence-corrected chi connectivity index (χ3v) is 6.29. The molecule has 4 rings (SSSR count). The van der Waals surface area contributed by atoms with Crippen LogP contribution >= 0.6 is 11.3 Å². The zero-order chi connectivity index (χ0) is 19.3. The molecule has 7 nitrogen and oxygen atoms in total. The number of fused-ring (bicyclic) bond motifs is 3. The third kappa shape index (κ3) is 2.39. The van der Waals surface area contributed by atoms with Gasteiger partial charge in [-0.3, -0.25) is 24.6 Å². The van der Waals surface area contributed by atoms with Crippen LogP contribution in [0.2, 0.25) is 0 Å². The molecule has 2 aliphatic heterocycles. The molecule has 27 heavy (non-hydrogen) atoms. The Kier molecular flexibility index (Phi) is 4.03. The molecule has 1 fully saturated rings. The van der Waals surface area contributed by atoms with Gasteiger partial charge in [0.1, 0.15) is 0 Å². The second-order valence-corrected chi connectivity index (χ2v) is 7.93. The van der Waals surface area contributed by atoms with E-state index in [-0.39, 0.29) is 24.7 Å².